The summed E-state index contributed by atoms with van der Waals surface area (Å²) in [5.41, 5.74) is 0.291. The van der Waals surface area contributed by atoms with Gasteiger partial charge in [-0.05, 0) is 32.8 Å². The highest BCUT2D eigenvalue weighted by molar-refractivity contribution is 7.16. The van der Waals surface area contributed by atoms with Crippen LogP contribution in [0, 0.1) is 18.8 Å². The molecule has 23 heavy (non-hydrogen) atoms. The highest BCUT2D eigenvalue weighted by atomic mass is 32.1. The Balaban J connectivity index is 2.18. The van der Waals surface area contributed by atoms with Gasteiger partial charge in [0.05, 0.1) is 18.1 Å². The van der Waals surface area contributed by atoms with E-state index in [0.717, 1.165) is 4.88 Å². The molecule has 0 aromatic carbocycles. The predicted molar refractivity (Wildman–Crippen MR) is 84.0 cm³/mol. The Morgan fingerprint density at radius 1 is 1.30 bits per heavy atom. The number of ether oxygens (including phenoxy) is 1. The van der Waals surface area contributed by atoms with E-state index < -0.39 is 29.7 Å². The fourth-order valence-electron chi connectivity index (χ4n) is 2.54. The molecule has 6 nitrogen and oxygen atoms in total. The van der Waals surface area contributed by atoms with Crippen molar-refractivity contribution in [1.82, 2.24) is 0 Å². The molecule has 1 aliphatic rings. The van der Waals surface area contributed by atoms with E-state index in [-0.39, 0.29) is 13.0 Å². The van der Waals surface area contributed by atoms with Crippen molar-refractivity contribution in [2.75, 3.05) is 11.9 Å². The smallest absolute Gasteiger partial charge is 0.341 e. The molecule has 0 spiro atoms. The maximum Gasteiger partial charge on any atom is 0.341 e. The van der Waals surface area contributed by atoms with Crippen LogP contribution >= 0.6 is 11.3 Å². The maximum atomic E-state index is 12.4. The summed E-state index contributed by atoms with van der Waals surface area (Å²) in [5, 5.41) is 14.3. The predicted octanol–water partition coefficient (Wildman–Crippen LogP) is 1.50. The Labute approximate surface area is 138 Å². The SMILES string of the molecule is CCOC(=O)c1cc(C)sc1NC(=O)C1CC=CCC1C(=O)[O-]. The lowest BCUT2D eigenvalue weighted by Crippen LogP contribution is -2.41. The molecule has 2 rings (SSSR count). The van der Waals surface area contributed by atoms with Crippen molar-refractivity contribution < 1.29 is 24.2 Å². The van der Waals surface area contributed by atoms with E-state index in [2.05, 4.69) is 5.32 Å². The van der Waals surface area contributed by atoms with Gasteiger partial charge in [0.15, 0.2) is 0 Å². The number of carboxylic acid groups (broad SMARTS) is 1. The third-order valence-corrected chi connectivity index (χ3v) is 4.63. The van der Waals surface area contributed by atoms with Crippen LogP contribution in [0.15, 0.2) is 18.2 Å². The minimum atomic E-state index is -1.23. The van der Waals surface area contributed by atoms with Crippen molar-refractivity contribution in [3.8, 4) is 0 Å². The summed E-state index contributed by atoms with van der Waals surface area (Å²) in [4.78, 5) is 36.4. The number of allylic oxidation sites excluding steroid dienone is 2. The number of carbonyl (C=O) groups is 3. The summed E-state index contributed by atoms with van der Waals surface area (Å²) in [6.07, 6.45) is 4.14. The zero-order chi connectivity index (χ0) is 17.0. The lowest BCUT2D eigenvalue weighted by atomic mass is 9.82. The Hall–Kier alpha value is -2.15. The standard InChI is InChI=1S/C16H19NO5S/c1-3-22-16(21)12-8-9(2)23-14(12)17-13(18)10-6-4-5-7-11(10)15(19)20/h4-5,8,10-11H,3,6-7H2,1-2H3,(H,17,18)(H,19,20)/p-1. The Kier molecular flexibility index (Phi) is 5.54. The molecule has 1 aromatic heterocycles. The quantitative estimate of drug-likeness (QED) is 0.649. The summed E-state index contributed by atoms with van der Waals surface area (Å²) in [6.45, 7) is 3.76. The molecular weight excluding hydrogens is 318 g/mol. The molecule has 0 fully saturated rings. The summed E-state index contributed by atoms with van der Waals surface area (Å²) in [6, 6.07) is 1.65. The first-order valence-electron chi connectivity index (χ1n) is 7.38. The van der Waals surface area contributed by atoms with Gasteiger partial charge in [0, 0.05) is 16.8 Å². The summed E-state index contributed by atoms with van der Waals surface area (Å²) in [7, 11) is 0. The number of hydrogen-bond acceptors (Lipinski definition) is 6. The van der Waals surface area contributed by atoms with Crippen molar-refractivity contribution >= 4 is 34.2 Å². The monoisotopic (exact) mass is 336 g/mol. The number of rotatable bonds is 5. The minimum Gasteiger partial charge on any atom is -0.550 e. The van der Waals surface area contributed by atoms with Crippen molar-refractivity contribution in [2.45, 2.75) is 26.7 Å². The molecule has 7 heteroatoms. The third kappa shape index (κ3) is 3.98. The van der Waals surface area contributed by atoms with Gasteiger partial charge in [-0.25, -0.2) is 4.79 Å². The topological polar surface area (TPSA) is 95.5 Å². The average Bonchev–Trinajstić information content (AvgIpc) is 2.88. The van der Waals surface area contributed by atoms with E-state index >= 15 is 0 Å². The van der Waals surface area contributed by atoms with Crippen LogP contribution in [0.2, 0.25) is 0 Å². The summed E-state index contributed by atoms with van der Waals surface area (Å²) in [5.74, 6) is -3.72. The number of thiophene rings is 1. The van der Waals surface area contributed by atoms with E-state index in [0.29, 0.717) is 17.0 Å². The van der Waals surface area contributed by atoms with Crippen LogP contribution in [0.1, 0.15) is 35.0 Å². The Morgan fingerprint density at radius 2 is 1.96 bits per heavy atom. The van der Waals surface area contributed by atoms with Crippen LogP contribution in [0.5, 0.6) is 0 Å². The molecule has 2 unspecified atom stereocenters. The maximum absolute atomic E-state index is 12.4. The Bertz CT molecular complexity index is 649. The molecule has 0 aliphatic heterocycles. The van der Waals surface area contributed by atoms with Gasteiger partial charge >= 0.3 is 5.97 Å². The van der Waals surface area contributed by atoms with Gasteiger partial charge in [-0.3, -0.25) is 4.79 Å². The van der Waals surface area contributed by atoms with Crippen LogP contribution in [0.3, 0.4) is 0 Å². The minimum absolute atomic E-state index is 0.237. The molecule has 0 saturated heterocycles. The van der Waals surface area contributed by atoms with Crippen LogP contribution in [0.4, 0.5) is 5.00 Å². The van der Waals surface area contributed by atoms with Gasteiger partial charge in [0.25, 0.3) is 0 Å². The van der Waals surface area contributed by atoms with Crippen LogP contribution < -0.4 is 10.4 Å². The number of carbonyl (C=O) groups excluding carboxylic acids is 3. The summed E-state index contributed by atoms with van der Waals surface area (Å²) >= 11 is 1.26. The fraction of sp³-hybridized carbons (Fsp3) is 0.438. The first-order chi connectivity index (χ1) is 10.9. The fourth-order valence-corrected chi connectivity index (χ4v) is 3.44. The zero-order valence-corrected chi connectivity index (χ0v) is 13.8. The van der Waals surface area contributed by atoms with E-state index in [1.807, 2.05) is 6.92 Å². The zero-order valence-electron chi connectivity index (χ0n) is 13.0. The van der Waals surface area contributed by atoms with E-state index in [1.165, 1.54) is 11.3 Å². The van der Waals surface area contributed by atoms with Gasteiger partial charge in [-0.2, -0.15) is 0 Å². The van der Waals surface area contributed by atoms with Crippen LogP contribution in [-0.4, -0.2) is 24.5 Å². The molecule has 1 N–H and O–H groups in total. The lowest BCUT2D eigenvalue weighted by Gasteiger charge is -2.28. The summed E-state index contributed by atoms with van der Waals surface area (Å²) < 4.78 is 4.97. The van der Waals surface area contributed by atoms with Gasteiger partial charge < -0.3 is 20.0 Å². The second-order valence-electron chi connectivity index (χ2n) is 5.28. The lowest BCUT2D eigenvalue weighted by molar-refractivity contribution is -0.313. The average molecular weight is 336 g/mol. The first-order valence-corrected chi connectivity index (χ1v) is 8.20. The number of aliphatic carboxylic acids is 1. The highest BCUT2D eigenvalue weighted by Gasteiger charge is 2.31. The number of amides is 1. The molecule has 0 radical (unpaired) electrons. The van der Waals surface area contributed by atoms with Gasteiger partial charge in [-0.1, -0.05) is 12.2 Å². The molecule has 2 atom stereocenters. The van der Waals surface area contributed by atoms with Crippen LogP contribution in [0.25, 0.3) is 0 Å². The van der Waals surface area contributed by atoms with Gasteiger partial charge in [0.2, 0.25) is 5.91 Å². The molecule has 1 aliphatic carbocycles. The van der Waals surface area contributed by atoms with E-state index in [4.69, 9.17) is 4.74 Å². The number of aryl methyl sites for hydroxylation is 1. The van der Waals surface area contributed by atoms with Crippen LogP contribution in [-0.2, 0) is 14.3 Å². The normalized spacial score (nSPS) is 20.1. The highest BCUT2D eigenvalue weighted by Crippen LogP contribution is 2.31. The van der Waals surface area contributed by atoms with Gasteiger partial charge in [0.1, 0.15) is 5.00 Å². The second-order valence-corrected chi connectivity index (χ2v) is 6.54. The van der Waals surface area contributed by atoms with Crippen molar-refractivity contribution in [1.29, 1.82) is 0 Å². The number of nitrogens with one attached hydrogen (secondary N) is 1. The van der Waals surface area contributed by atoms with Crippen molar-refractivity contribution in [3.63, 3.8) is 0 Å². The molecule has 0 saturated carbocycles. The van der Waals surface area contributed by atoms with Crippen molar-refractivity contribution in [3.05, 3.63) is 28.7 Å². The number of esters is 1. The molecule has 124 valence electrons. The molecule has 0 bridgehead atoms. The number of carboxylic acids is 1. The molecule has 1 amide bonds. The molecular formula is C16H18NO5S-. The van der Waals surface area contributed by atoms with E-state index in [9.17, 15) is 19.5 Å². The van der Waals surface area contributed by atoms with Gasteiger partial charge in [-0.15, -0.1) is 11.3 Å². The second kappa shape index (κ2) is 7.41. The molecule has 1 aromatic rings. The first kappa shape index (κ1) is 17.2. The van der Waals surface area contributed by atoms with Crippen molar-refractivity contribution in [2.24, 2.45) is 11.8 Å². The Morgan fingerprint density at radius 3 is 2.57 bits per heavy atom. The number of hydrogen-bond donors (Lipinski definition) is 1. The third-order valence-electron chi connectivity index (χ3n) is 3.66. The largest absolute Gasteiger partial charge is 0.550 e. The molecule has 1 heterocycles. The number of anilines is 1. The van der Waals surface area contributed by atoms with E-state index in [1.54, 1.807) is 25.1 Å².